The number of methoxy groups -OCH3 is 1. The highest BCUT2D eigenvalue weighted by atomic mass is 16.5. The summed E-state index contributed by atoms with van der Waals surface area (Å²) < 4.78 is 7.08. The molecular formula is C20H19N5O2. The first-order valence-electron chi connectivity index (χ1n) is 8.37. The molecule has 7 heteroatoms. The van der Waals surface area contributed by atoms with Crippen LogP contribution in [0.3, 0.4) is 0 Å². The molecule has 7 nitrogen and oxygen atoms in total. The van der Waals surface area contributed by atoms with Gasteiger partial charge >= 0.3 is 0 Å². The molecular weight excluding hydrogens is 342 g/mol. The quantitative estimate of drug-likeness (QED) is 0.480. The summed E-state index contributed by atoms with van der Waals surface area (Å²) in [6.45, 7) is 0. The van der Waals surface area contributed by atoms with Gasteiger partial charge in [-0.15, -0.1) is 0 Å². The number of nitrogens with two attached hydrogens (primary N) is 1. The zero-order chi connectivity index (χ0) is 19.0. The molecule has 2 aromatic carbocycles. The molecule has 0 bridgehead atoms. The van der Waals surface area contributed by atoms with E-state index in [4.69, 9.17) is 10.5 Å². The number of anilines is 3. The van der Waals surface area contributed by atoms with Crippen LogP contribution in [0.1, 0.15) is 0 Å². The number of nitrogen functional groups attached to an aromatic ring is 1. The maximum atomic E-state index is 9.99. The number of rotatable bonds is 4. The maximum absolute atomic E-state index is 9.99. The van der Waals surface area contributed by atoms with Crippen molar-refractivity contribution in [3.8, 4) is 22.8 Å². The van der Waals surface area contributed by atoms with E-state index in [-0.39, 0.29) is 5.75 Å². The number of hydrogen-bond acceptors (Lipinski definition) is 6. The van der Waals surface area contributed by atoms with Crippen LogP contribution in [0, 0.1) is 0 Å². The molecule has 0 saturated carbocycles. The molecule has 0 saturated heterocycles. The van der Waals surface area contributed by atoms with Crippen molar-refractivity contribution >= 4 is 28.2 Å². The van der Waals surface area contributed by atoms with Gasteiger partial charge in [0.05, 0.1) is 18.2 Å². The molecule has 0 aliphatic rings. The molecule has 0 aliphatic carbocycles. The summed E-state index contributed by atoms with van der Waals surface area (Å²) in [4.78, 5) is 8.77. The Hall–Kier alpha value is -3.74. The van der Waals surface area contributed by atoms with Gasteiger partial charge in [0.2, 0.25) is 0 Å². The molecule has 4 rings (SSSR count). The van der Waals surface area contributed by atoms with Gasteiger partial charge in [-0.3, -0.25) is 0 Å². The minimum absolute atomic E-state index is 0.0568. The van der Waals surface area contributed by atoms with E-state index in [9.17, 15) is 5.11 Å². The fraction of sp³-hybridized carbons (Fsp3) is 0.100. The van der Waals surface area contributed by atoms with Gasteiger partial charge in [0.1, 0.15) is 17.8 Å². The van der Waals surface area contributed by atoms with Crippen LogP contribution < -0.4 is 15.8 Å². The number of ether oxygens (including phenoxy) is 1. The summed E-state index contributed by atoms with van der Waals surface area (Å²) >= 11 is 0. The normalized spacial score (nSPS) is 10.9. The first kappa shape index (κ1) is 16.7. The van der Waals surface area contributed by atoms with Crippen molar-refractivity contribution in [1.29, 1.82) is 0 Å². The average Bonchev–Trinajstić information content (AvgIpc) is 3.00. The lowest BCUT2D eigenvalue weighted by atomic mass is 10.1. The summed E-state index contributed by atoms with van der Waals surface area (Å²) in [6, 6.07) is 14.8. The second-order valence-corrected chi connectivity index (χ2v) is 6.19. The fourth-order valence-corrected chi connectivity index (χ4v) is 3.11. The SMILES string of the molecule is COc1ccc(Nc2ncnc3c2cc(-c2cccc(N)c2)n3C)cc1O. The molecule has 0 radical (unpaired) electrons. The molecule has 0 spiro atoms. The third-order valence-corrected chi connectivity index (χ3v) is 4.45. The third-order valence-electron chi connectivity index (χ3n) is 4.45. The number of aromatic hydroxyl groups is 1. The highest BCUT2D eigenvalue weighted by Crippen LogP contribution is 2.33. The molecule has 0 amide bonds. The maximum Gasteiger partial charge on any atom is 0.160 e. The summed E-state index contributed by atoms with van der Waals surface area (Å²) in [5.41, 5.74) is 10.1. The fourth-order valence-electron chi connectivity index (χ4n) is 3.11. The molecule has 0 aliphatic heterocycles. The average molecular weight is 361 g/mol. The van der Waals surface area contributed by atoms with E-state index in [0.29, 0.717) is 22.9 Å². The first-order valence-corrected chi connectivity index (χ1v) is 8.37. The van der Waals surface area contributed by atoms with Crippen molar-refractivity contribution in [3.05, 3.63) is 54.9 Å². The van der Waals surface area contributed by atoms with E-state index < -0.39 is 0 Å². The summed E-state index contributed by atoms with van der Waals surface area (Å²) in [7, 11) is 3.47. The molecule has 4 N–H and O–H groups in total. The van der Waals surface area contributed by atoms with Gasteiger partial charge < -0.3 is 25.5 Å². The number of hydrogen-bond donors (Lipinski definition) is 3. The zero-order valence-corrected chi connectivity index (χ0v) is 15.0. The molecule has 0 fully saturated rings. The highest BCUT2D eigenvalue weighted by Gasteiger charge is 2.14. The predicted molar refractivity (Wildman–Crippen MR) is 106 cm³/mol. The second-order valence-electron chi connectivity index (χ2n) is 6.19. The van der Waals surface area contributed by atoms with Gasteiger partial charge in [0.25, 0.3) is 0 Å². The minimum atomic E-state index is 0.0568. The zero-order valence-electron chi connectivity index (χ0n) is 15.0. The van der Waals surface area contributed by atoms with E-state index >= 15 is 0 Å². The standard InChI is InChI=1S/C20H19N5O2/c1-25-16(12-4-3-5-13(21)8-12)10-15-19(22-11-23-20(15)25)24-14-6-7-18(27-2)17(26)9-14/h3-11,26H,21H2,1-2H3,(H,22,23,24). The van der Waals surface area contributed by atoms with Crippen LogP contribution in [-0.2, 0) is 7.05 Å². The van der Waals surface area contributed by atoms with E-state index in [1.165, 1.54) is 13.4 Å². The Bertz CT molecular complexity index is 1140. The van der Waals surface area contributed by atoms with Gasteiger partial charge in [0, 0.05) is 30.1 Å². The Morgan fingerprint density at radius 2 is 1.96 bits per heavy atom. The summed E-state index contributed by atoms with van der Waals surface area (Å²) in [6.07, 6.45) is 1.51. The summed E-state index contributed by atoms with van der Waals surface area (Å²) in [5, 5.41) is 14.1. The molecule has 0 atom stereocenters. The van der Waals surface area contributed by atoms with Crippen molar-refractivity contribution in [2.75, 3.05) is 18.2 Å². The number of nitrogens with zero attached hydrogens (tertiary/aromatic N) is 3. The lowest BCUT2D eigenvalue weighted by Gasteiger charge is -2.09. The number of phenolic OH excluding ortho intramolecular Hbond substituents is 1. The van der Waals surface area contributed by atoms with E-state index in [0.717, 1.165) is 22.3 Å². The Morgan fingerprint density at radius 1 is 1.11 bits per heavy atom. The van der Waals surface area contributed by atoms with Crippen LogP contribution in [0.5, 0.6) is 11.5 Å². The van der Waals surface area contributed by atoms with Crippen molar-refractivity contribution in [2.24, 2.45) is 7.05 Å². The first-order chi connectivity index (χ1) is 13.1. The van der Waals surface area contributed by atoms with Crippen LogP contribution in [0.4, 0.5) is 17.2 Å². The van der Waals surface area contributed by atoms with Crippen molar-refractivity contribution in [1.82, 2.24) is 14.5 Å². The second kappa shape index (κ2) is 6.53. The number of nitrogens with one attached hydrogen (secondary N) is 1. The Morgan fingerprint density at radius 3 is 2.70 bits per heavy atom. The number of fused-ring (bicyclic) bond motifs is 1. The topological polar surface area (TPSA) is 98.2 Å². The number of benzene rings is 2. The highest BCUT2D eigenvalue weighted by molar-refractivity contribution is 5.94. The van der Waals surface area contributed by atoms with Gasteiger partial charge in [-0.25, -0.2) is 9.97 Å². The lowest BCUT2D eigenvalue weighted by Crippen LogP contribution is -1.97. The lowest BCUT2D eigenvalue weighted by molar-refractivity contribution is 0.373. The van der Waals surface area contributed by atoms with Crippen LogP contribution >= 0.6 is 0 Å². The number of phenols is 1. The number of aryl methyl sites for hydroxylation is 1. The molecule has 136 valence electrons. The van der Waals surface area contributed by atoms with Crippen molar-refractivity contribution in [3.63, 3.8) is 0 Å². The van der Waals surface area contributed by atoms with Crippen molar-refractivity contribution in [2.45, 2.75) is 0 Å². The predicted octanol–water partition coefficient (Wildman–Crippen LogP) is 3.68. The van der Waals surface area contributed by atoms with Gasteiger partial charge in [-0.1, -0.05) is 12.1 Å². The largest absolute Gasteiger partial charge is 0.504 e. The van der Waals surface area contributed by atoms with Gasteiger partial charge in [-0.05, 0) is 30.3 Å². The molecule has 4 aromatic rings. The molecule has 27 heavy (non-hydrogen) atoms. The smallest absolute Gasteiger partial charge is 0.160 e. The van der Waals surface area contributed by atoms with E-state index in [1.807, 2.05) is 48.0 Å². The molecule has 0 unspecified atom stereocenters. The Kier molecular flexibility index (Phi) is 4.04. The molecule has 2 aromatic heterocycles. The van der Waals surface area contributed by atoms with Gasteiger partial charge in [-0.2, -0.15) is 0 Å². The molecule has 2 heterocycles. The Balaban J connectivity index is 1.78. The van der Waals surface area contributed by atoms with Crippen LogP contribution in [0.25, 0.3) is 22.3 Å². The monoisotopic (exact) mass is 361 g/mol. The summed E-state index contributed by atoms with van der Waals surface area (Å²) in [5.74, 6) is 1.12. The van der Waals surface area contributed by atoms with Crippen LogP contribution in [-0.4, -0.2) is 26.8 Å². The third kappa shape index (κ3) is 2.99. The van der Waals surface area contributed by atoms with Crippen LogP contribution in [0.2, 0.25) is 0 Å². The van der Waals surface area contributed by atoms with Crippen molar-refractivity contribution < 1.29 is 9.84 Å². The minimum Gasteiger partial charge on any atom is -0.504 e. The van der Waals surface area contributed by atoms with E-state index in [1.54, 1.807) is 12.1 Å². The van der Waals surface area contributed by atoms with Gasteiger partial charge in [0.15, 0.2) is 11.5 Å². The van der Waals surface area contributed by atoms with E-state index in [2.05, 4.69) is 15.3 Å². The van der Waals surface area contributed by atoms with Crippen LogP contribution in [0.15, 0.2) is 54.9 Å². The Labute approximate surface area is 156 Å². The number of aromatic nitrogens is 3.